The molecule has 1 aromatic carbocycles. The molecule has 0 bridgehead atoms. The van der Waals surface area contributed by atoms with Gasteiger partial charge in [-0.25, -0.2) is 0 Å². The van der Waals surface area contributed by atoms with Crippen LogP contribution in [0.1, 0.15) is 19.4 Å². The summed E-state index contributed by atoms with van der Waals surface area (Å²) in [5.41, 5.74) is 7.23. The number of carbonyl (C=O) groups is 2. The number of nitrogen functional groups attached to an aromatic ring is 1. The lowest BCUT2D eigenvalue weighted by atomic mass is 10.1. The lowest BCUT2D eigenvalue weighted by molar-refractivity contribution is -0.157. The maximum atomic E-state index is 12.2. The van der Waals surface area contributed by atoms with Gasteiger partial charge in [-0.05, 0) is 31.5 Å². The molecule has 2 N–H and O–H groups in total. The van der Waals surface area contributed by atoms with E-state index < -0.39 is 11.8 Å². The molecular formula is C15H21N3O3. The highest BCUT2D eigenvalue weighted by molar-refractivity contribution is 6.35. The summed E-state index contributed by atoms with van der Waals surface area (Å²) in [5.74, 6) is -0.256. The molecule has 0 spiro atoms. The van der Waals surface area contributed by atoms with Crippen molar-refractivity contribution in [2.24, 2.45) is 0 Å². The minimum atomic E-state index is -0.462. The molecule has 0 unspecified atom stereocenters. The quantitative estimate of drug-likeness (QED) is 0.659. The lowest BCUT2D eigenvalue weighted by Gasteiger charge is -2.36. The molecule has 6 nitrogen and oxygen atoms in total. The molecule has 21 heavy (non-hydrogen) atoms. The van der Waals surface area contributed by atoms with Crippen LogP contribution < -0.4 is 10.5 Å². The molecular weight excluding hydrogens is 270 g/mol. The Morgan fingerprint density at radius 1 is 1.19 bits per heavy atom. The number of benzene rings is 1. The number of nitrogens with zero attached hydrogens (tertiary/aromatic N) is 2. The van der Waals surface area contributed by atoms with Crippen molar-refractivity contribution in [3.05, 3.63) is 23.8 Å². The highest BCUT2D eigenvalue weighted by Gasteiger charge is 2.33. The fraction of sp³-hybridized carbons (Fsp3) is 0.467. The molecule has 0 aliphatic carbocycles. The van der Waals surface area contributed by atoms with Gasteiger partial charge in [0.2, 0.25) is 0 Å². The number of rotatable bonds is 4. The third-order valence-corrected chi connectivity index (χ3v) is 3.56. The van der Waals surface area contributed by atoms with Gasteiger partial charge in [-0.3, -0.25) is 9.59 Å². The number of ether oxygens (including phenoxy) is 1. The summed E-state index contributed by atoms with van der Waals surface area (Å²) >= 11 is 0. The van der Waals surface area contributed by atoms with Crippen LogP contribution in [0.5, 0.6) is 5.75 Å². The first-order chi connectivity index (χ1) is 9.92. The average molecular weight is 291 g/mol. The molecule has 2 amide bonds. The Labute approximate surface area is 124 Å². The summed E-state index contributed by atoms with van der Waals surface area (Å²) in [6.45, 7) is 5.26. The molecule has 1 aromatic rings. The summed E-state index contributed by atoms with van der Waals surface area (Å²) in [6, 6.07) is 5.36. The van der Waals surface area contributed by atoms with Crippen molar-refractivity contribution in [3.8, 4) is 5.75 Å². The Hall–Kier alpha value is -2.24. The van der Waals surface area contributed by atoms with E-state index >= 15 is 0 Å². The molecule has 0 radical (unpaired) electrons. The molecule has 0 saturated carbocycles. The number of hydrogen-bond donors (Lipinski definition) is 1. The molecule has 1 fully saturated rings. The standard InChI is InChI=1S/C15H21N3O3/c1-10(2)18-5-4-17(14(19)15(18)20)9-11-6-12(16)8-13(7-11)21-3/h6-8,10H,4-5,9,16H2,1-3H3. The maximum Gasteiger partial charge on any atom is 0.312 e. The Kier molecular flexibility index (Phi) is 4.35. The summed E-state index contributed by atoms with van der Waals surface area (Å²) in [5, 5.41) is 0. The van der Waals surface area contributed by atoms with E-state index in [1.54, 1.807) is 29.0 Å². The van der Waals surface area contributed by atoms with Crippen LogP contribution in [0.15, 0.2) is 18.2 Å². The fourth-order valence-electron chi connectivity index (χ4n) is 2.45. The fourth-order valence-corrected chi connectivity index (χ4v) is 2.45. The summed E-state index contributed by atoms with van der Waals surface area (Å²) < 4.78 is 5.16. The number of hydrogen-bond acceptors (Lipinski definition) is 4. The second-order valence-corrected chi connectivity index (χ2v) is 5.43. The minimum Gasteiger partial charge on any atom is -0.497 e. The first-order valence-corrected chi connectivity index (χ1v) is 6.95. The summed E-state index contributed by atoms with van der Waals surface area (Å²) in [7, 11) is 1.56. The van der Waals surface area contributed by atoms with Gasteiger partial charge in [0.25, 0.3) is 0 Å². The zero-order valence-corrected chi connectivity index (χ0v) is 12.6. The van der Waals surface area contributed by atoms with Gasteiger partial charge in [-0.1, -0.05) is 0 Å². The number of methoxy groups -OCH3 is 1. The van der Waals surface area contributed by atoms with Gasteiger partial charge in [0.05, 0.1) is 7.11 Å². The van der Waals surface area contributed by atoms with Crippen molar-refractivity contribution in [1.29, 1.82) is 0 Å². The van der Waals surface area contributed by atoms with Gasteiger partial charge in [0.1, 0.15) is 5.75 Å². The SMILES string of the molecule is COc1cc(N)cc(CN2CCN(C(C)C)C(=O)C2=O)c1. The van der Waals surface area contributed by atoms with E-state index in [2.05, 4.69) is 0 Å². The Balaban J connectivity index is 2.12. The van der Waals surface area contributed by atoms with E-state index in [1.165, 1.54) is 0 Å². The first kappa shape index (κ1) is 15.2. The Morgan fingerprint density at radius 2 is 1.90 bits per heavy atom. The third-order valence-electron chi connectivity index (χ3n) is 3.56. The summed E-state index contributed by atoms with van der Waals surface area (Å²) in [4.78, 5) is 27.3. The second kappa shape index (κ2) is 6.03. The van der Waals surface area contributed by atoms with Crippen molar-refractivity contribution in [3.63, 3.8) is 0 Å². The van der Waals surface area contributed by atoms with E-state index in [-0.39, 0.29) is 6.04 Å². The van der Waals surface area contributed by atoms with Crippen LogP contribution >= 0.6 is 0 Å². The normalized spacial score (nSPS) is 15.8. The van der Waals surface area contributed by atoms with Gasteiger partial charge in [0.15, 0.2) is 0 Å². The van der Waals surface area contributed by atoms with Crippen LogP contribution in [0.3, 0.4) is 0 Å². The van der Waals surface area contributed by atoms with Crippen molar-refractivity contribution >= 4 is 17.5 Å². The van der Waals surface area contributed by atoms with E-state index in [0.29, 0.717) is 31.1 Å². The second-order valence-electron chi connectivity index (χ2n) is 5.43. The van der Waals surface area contributed by atoms with Crippen molar-refractivity contribution < 1.29 is 14.3 Å². The number of piperazine rings is 1. The van der Waals surface area contributed by atoms with Crippen LogP contribution in [-0.2, 0) is 16.1 Å². The first-order valence-electron chi connectivity index (χ1n) is 6.95. The number of nitrogens with two attached hydrogens (primary N) is 1. The zero-order valence-electron chi connectivity index (χ0n) is 12.6. The summed E-state index contributed by atoms with van der Waals surface area (Å²) in [6.07, 6.45) is 0. The monoisotopic (exact) mass is 291 g/mol. The molecule has 6 heteroatoms. The molecule has 1 aliphatic heterocycles. The topological polar surface area (TPSA) is 75.9 Å². The highest BCUT2D eigenvalue weighted by Crippen LogP contribution is 2.21. The van der Waals surface area contributed by atoms with Crippen molar-refractivity contribution in [2.45, 2.75) is 26.4 Å². The largest absolute Gasteiger partial charge is 0.497 e. The van der Waals surface area contributed by atoms with Crippen LogP contribution in [0.2, 0.25) is 0 Å². The van der Waals surface area contributed by atoms with E-state index in [4.69, 9.17) is 10.5 Å². The predicted molar refractivity (Wildman–Crippen MR) is 79.7 cm³/mol. The predicted octanol–water partition coefficient (Wildman–Crippen LogP) is 0.857. The number of amides is 2. The van der Waals surface area contributed by atoms with Crippen LogP contribution in [0.4, 0.5) is 5.69 Å². The minimum absolute atomic E-state index is 0.0380. The molecule has 1 saturated heterocycles. The van der Waals surface area contributed by atoms with Crippen LogP contribution in [0, 0.1) is 0 Å². The molecule has 1 aliphatic rings. The Morgan fingerprint density at radius 3 is 2.52 bits per heavy atom. The van der Waals surface area contributed by atoms with Crippen LogP contribution in [0.25, 0.3) is 0 Å². The average Bonchev–Trinajstić information content (AvgIpc) is 2.43. The van der Waals surface area contributed by atoms with E-state index in [9.17, 15) is 9.59 Å². The molecule has 0 atom stereocenters. The van der Waals surface area contributed by atoms with Crippen molar-refractivity contribution in [1.82, 2.24) is 9.80 Å². The van der Waals surface area contributed by atoms with Gasteiger partial charge in [0, 0.05) is 37.4 Å². The molecule has 114 valence electrons. The van der Waals surface area contributed by atoms with Crippen molar-refractivity contribution in [2.75, 3.05) is 25.9 Å². The molecule has 1 heterocycles. The smallest absolute Gasteiger partial charge is 0.312 e. The third kappa shape index (κ3) is 3.26. The Bertz CT molecular complexity index is 557. The van der Waals surface area contributed by atoms with Gasteiger partial charge in [-0.2, -0.15) is 0 Å². The van der Waals surface area contributed by atoms with Gasteiger partial charge >= 0.3 is 11.8 Å². The maximum absolute atomic E-state index is 12.2. The van der Waals surface area contributed by atoms with Crippen LogP contribution in [-0.4, -0.2) is 47.9 Å². The molecule has 2 rings (SSSR count). The van der Waals surface area contributed by atoms with Gasteiger partial charge < -0.3 is 20.3 Å². The van der Waals surface area contributed by atoms with E-state index in [1.807, 2.05) is 19.9 Å². The lowest BCUT2D eigenvalue weighted by Crippen LogP contribution is -2.55. The van der Waals surface area contributed by atoms with Gasteiger partial charge in [-0.15, -0.1) is 0 Å². The van der Waals surface area contributed by atoms with E-state index in [0.717, 1.165) is 5.56 Å². The number of anilines is 1. The zero-order chi connectivity index (χ0) is 15.6. The molecule has 0 aromatic heterocycles. The highest BCUT2D eigenvalue weighted by atomic mass is 16.5. The number of carbonyl (C=O) groups excluding carboxylic acids is 2.